The minimum Gasteiger partial charge on any atom is -0.410 e. The molecule has 0 saturated heterocycles. The predicted molar refractivity (Wildman–Crippen MR) is 91.5 cm³/mol. The Kier molecular flexibility index (Phi) is 8.18. The summed E-state index contributed by atoms with van der Waals surface area (Å²) >= 11 is 0.825. The van der Waals surface area contributed by atoms with Crippen molar-refractivity contribution >= 4 is 39.9 Å². The molecule has 0 spiro atoms. The Morgan fingerprint density at radius 2 is 2.04 bits per heavy atom. The van der Waals surface area contributed by atoms with Gasteiger partial charge in [-0.15, -0.1) is 0 Å². The number of hydrogen-bond acceptors (Lipinski definition) is 7. The largest absolute Gasteiger partial charge is 0.419 e. The number of amides is 1. The number of alkyl halides is 3. The summed E-state index contributed by atoms with van der Waals surface area (Å²) in [5, 5.41) is 30.9. The number of aliphatic imine (C=N–C) groups is 1. The smallest absolute Gasteiger partial charge is 0.410 e. The number of nitrogens with zero attached hydrogens (tertiary/aromatic N) is 2. The van der Waals surface area contributed by atoms with Gasteiger partial charge >= 0.3 is 6.18 Å². The molecule has 5 N–H and O–H groups in total. The van der Waals surface area contributed by atoms with E-state index in [4.69, 9.17) is 15.8 Å². The van der Waals surface area contributed by atoms with Gasteiger partial charge in [-0.3, -0.25) is 20.9 Å². The fraction of sp³-hybridized carbons (Fsp3) is 0.286. The monoisotopic (exact) mass is 409 g/mol. The van der Waals surface area contributed by atoms with Gasteiger partial charge < -0.3 is 10.5 Å². The van der Waals surface area contributed by atoms with E-state index in [0.717, 1.165) is 17.8 Å². The molecule has 0 aromatic heterocycles. The highest BCUT2D eigenvalue weighted by atomic mass is 32.2. The highest BCUT2D eigenvalue weighted by molar-refractivity contribution is 8.16. The Hall–Kier alpha value is -2.67. The number of hydrogen-bond donors (Lipinski definition) is 5. The molecule has 1 aromatic rings. The standard InChI is InChI=1S/C14H15F4N5O3S/c1-7(24)20-4-5-27-13(23-26)11(19)12(22-25)21-8-2-3-10(15)9(6-8)14(16,17)18/h2-3,6,19,25-26H,4-5H2,1H3,(H,20,24)(H,21,22)/b19-11?,23-13+. The van der Waals surface area contributed by atoms with Crippen LogP contribution in [0.1, 0.15) is 12.5 Å². The van der Waals surface area contributed by atoms with E-state index in [-0.39, 0.29) is 23.2 Å². The summed E-state index contributed by atoms with van der Waals surface area (Å²) in [5.41, 5.74) is -1.07. The molecule has 0 aliphatic rings. The number of thioether (sulfide) groups is 1. The number of carbonyl (C=O) groups is 1. The number of rotatable bonds is 6. The van der Waals surface area contributed by atoms with E-state index in [9.17, 15) is 22.4 Å². The molecule has 0 fully saturated rings. The number of amidine groups is 1. The van der Waals surface area contributed by atoms with Crippen LogP contribution >= 0.6 is 11.8 Å². The molecule has 0 bridgehead atoms. The van der Waals surface area contributed by atoms with Crippen LogP contribution < -0.4 is 10.8 Å². The van der Waals surface area contributed by atoms with Gasteiger partial charge in [0.15, 0.2) is 10.9 Å². The van der Waals surface area contributed by atoms with Gasteiger partial charge in [0.25, 0.3) is 0 Å². The number of nitrogens with one attached hydrogen (secondary N) is 3. The molecule has 1 aromatic carbocycles. The summed E-state index contributed by atoms with van der Waals surface area (Å²) in [7, 11) is 0. The average molecular weight is 409 g/mol. The van der Waals surface area contributed by atoms with Gasteiger partial charge in [-0.1, -0.05) is 16.9 Å². The highest BCUT2D eigenvalue weighted by Crippen LogP contribution is 2.33. The molecule has 27 heavy (non-hydrogen) atoms. The minimum absolute atomic E-state index is 0.193. The van der Waals surface area contributed by atoms with E-state index in [1.165, 1.54) is 12.4 Å². The van der Waals surface area contributed by atoms with E-state index < -0.39 is 34.8 Å². The third-order valence-corrected chi connectivity index (χ3v) is 3.83. The molecular weight excluding hydrogens is 394 g/mol. The van der Waals surface area contributed by atoms with Gasteiger partial charge in [-0.2, -0.15) is 13.2 Å². The van der Waals surface area contributed by atoms with Gasteiger partial charge in [0.2, 0.25) is 5.91 Å². The Labute approximate surface area is 154 Å². The lowest BCUT2D eigenvalue weighted by atomic mass is 10.2. The fourth-order valence-corrected chi connectivity index (χ4v) is 2.39. The zero-order chi connectivity index (χ0) is 20.6. The van der Waals surface area contributed by atoms with E-state index in [1.807, 2.05) is 0 Å². The van der Waals surface area contributed by atoms with Crippen molar-refractivity contribution < 1.29 is 32.8 Å². The maximum atomic E-state index is 13.3. The van der Waals surface area contributed by atoms with Crippen LogP contribution in [-0.4, -0.2) is 45.2 Å². The van der Waals surface area contributed by atoms with Crippen LogP contribution in [0.25, 0.3) is 0 Å². The van der Waals surface area contributed by atoms with E-state index in [0.29, 0.717) is 12.1 Å². The molecular formula is C14H15F4N5O3S. The zero-order valence-corrected chi connectivity index (χ0v) is 14.6. The molecule has 0 heterocycles. The van der Waals surface area contributed by atoms with Crippen LogP contribution in [0, 0.1) is 11.2 Å². The average Bonchev–Trinajstić information content (AvgIpc) is 2.59. The van der Waals surface area contributed by atoms with Crippen LogP contribution in [0.15, 0.2) is 28.3 Å². The third kappa shape index (κ3) is 6.86. The van der Waals surface area contributed by atoms with Crippen molar-refractivity contribution in [3.63, 3.8) is 0 Å². The number of hydroxylamine groups is 1. The first kappa shape index (κ1) is 22.4. The van der Waals surface area contributed by atoms with Gasteiger partial charge in [-0.05, 0) is 18.2 Å². The summed E-state index contributed by atoms with van der Waals surface area (Å²) in [5.74, 6) is -2.21. The molecule has 0 saturated carbocycles. The quantitative estimate of drug-likeness (QED) is 0.123. The van der Waals surface area contributed by atoms with Gasteiger partial charge in [-0.25, -0.2) is 9.38 Å². The third-order valence-electron chi connectivity index (χ3n) is 2.86. The number of benzene rings is 1. The van der Waals surface area contributed by atoms with Gasteiger partial charge in [0.05, 0.1) is 11.3 Å². The molecule has 0 aliphatic carbocycles. The fourth-order valence-electron chi connectivity index (χ4n) is 1.69. The molecule has 0 radical (unpaired) electrons. The second kappa shape index (κ2) is 9.87. The summed E-state index contributed by atoms with van der Waals surface area (Å²) in [6.45, 7) is 1.49. The van der Waals surface area contributed by atoms with E-state index in [2.05, 4.69) is 15.5 Å². The first-order chi connectivity index (χ1) is 12.6. The summed E-state index contributed by atoms with van der Waals surface area (Å²) < 4.78 is 51.5. The summed E-state index contributed by atoms with van der Waals surface area (Å²) in [4.78, 5) is 14.4. The topological polar surface area (TPSA) is 130 Å². The second-order valence-electron chi connectivity index (χ2n) is 4.85. The number of carbonyl (C=O) groups excluding carboxylic acids is 1. The van der Waals surface area contributed by atoms with Crippen LogP contribution in [0.3, 0.4) is 0 Å². The SMILES string of the molecule is CC(=O)NCCS/C(=N/O)C(=N)C(=Nc1ccc(F)c(C(F)(F)F)c1)NO. The van der Waals surface area contributed by atoms with Crippen LogP contribution in [0.5, 0.6) is 0 Å². The lowest BCUT2D eigenvalue weighted by molar-refractivity contribution is -0.140. The molecule has 13 heteroatoms. The van der Waals surface area contributed by atoms with Crippen molar-refractivity contribution in [2.75, 3.05) is 12.3 Å². The Balaban J connectivity index is 3.01. The maximum Gasteiger partial charge on any atom is 0.419 e. The molecule has 1 rings (SSSR count). The van der Waals surface area contributed by atoms with Crippen LogP contribution in [0.4, 0.5) is 23.2 Å². The molecule has 0 atom stereocenters. The van der Waals surface area contributed by atoms with Gasteiger partial charge in [0, 0.05) is 19.2 Å². The highest BCUT2D eigenvalue weighted by Gasteiger charge is 2.34. The number of oxime groups is 1. The zero-order valence-electron chi connectivity index (χ0n) is 13.8. The first-order valence-electron chi connectivity index (χ1n) is 7.14. The molecule has 0 unspecified atom stereocenters. The van der Waals surface area contributed by atoms with Crippen molar-refractivity contribution in [1.29, 1.82) is 5.41 Å². The second-order valence-corrected chi connectivity index (χ2v) is 5.93. The van der Waals surface area contributed by atoms with Crippen LogP contribution in [0.2, 0.25) is 0 Å². The lowest BCUT2D eigenvalue weighted by Crippen LogP contribution is -2.33. The Morgan fingerprint density at radius 1 is 1.37 bits per heavy atom. The van der Waals surface area contributed by atoms with Crippen LogP contribution in [-0.2, 0) is 11.0 Å². The lowest BCUT2D eigenvalue weighted by Gasteiger charge is -2.10. The molecule has 8 nitrogen and oxygen atoms in total. The first-order valence-corrected chi connectivity index (χ1v) is 8.12. The summed E-state index contributed by atoms with van der Waals surface area (Å²) in [6, 6.07) is 1.86. The minimum atomic E-state index is -4.95. The van der Waals surface area contributed by atoms with Crippen molar-refractivity contribution in [1.82, 2.24) is 10.8 Å². The van der Waals surface area contributed by atoms with Crippen molar-refractivity contribution in [2.24, 2.45) is 10.1 Å². The Morgan fingerprint density at radius 3 is 2.56 bits per heavy atom. The van der Waals surface area contributed by atoms with Gasteiger partial charge in [0.1, 0.15) is 11.5 Å². The van der Waals surface area contributed by atoms with E-state index in [1.54, 1.807) is 0 Å². The normalized spacial score (nSPS) is 12.7. The molecule has 1 amide bonds. The maximum absolute atomic E-state index is 13.3. The van der Waals surface area contributed by atoms with Crippen molar-refractivity contribution in [3.05, 3.63) is 29.6 Å². The van der Waals surface area contributed by atoms with E-state index >= 15 is 0 Å². The Bertz CT molecular complexity index is 768. The molecule has 148 valence electrons. The molecule has 0 aliphatic heterocycles. The number of halogens is 4. The van der Waals surface area contributed by atoms with Crippen molar-refractivity contribution in [3.8, 4) is 0 Å². The van der Waals surface area contributed by atoms with Crippen molar-refractivity contribution in [2.45, 2.75) is 13.1 Å². The summed E-state index contributed by atoms with van der Waals surface area (Å²) in [6.07, 6.45) is -4.95. The predicted octanol–water partition coefficient (Wildman–Crippen LogP) is 2.53.